The van der Waals surface area contributed by atoms with E-state index in [1.54, 1.807) is 0 Å². The quantitative estimate of drug-likeness (QED) is 0.745. The van der Waals surface area contributed by atoms with Crippen molar-refractivity contribution in [1.29, 1.82) is 0 Å². The number of para-hydroxylation sites is 1. The minimum absolute atomic E-state index is 0.579. The van der Waals surface area contributed by atoms with Crippen LogP contribution in [0.1, 0.15) is 5.56 Å². The number of nitrogens with zero attached hydrogens (tertiary/aromatic N) is 2. The largest absolute Gasteiger partial charge is 0.453 e. The third-order valence-electron chi connectivity index (χ3n) is 3.99. The van der Waals surface area contributed by atoms with Gasteiger partial charge in [0.25, 0.3) is 0 Å². The fraction of sp³-hybridized carbons (Fsp3) is 0.235. The number of benzene rings is 2. The zero-order valence-corrected chi connectivity index (χ0v) is 12.8. The average Bonchev–Trinajstić information content (AvgIpc) is 2.76. The van der Waals surface area contributed by atoms with Gasteiger partial charge in [0.05, 0.1) is 10.6 Å². The van der Waals surface area contributed by atoms with E-state index in [-0.39, 0.29) is 0 Å². The van der Waals surface area contributed by atoms with Crippen LogP contribution in [0.4, 0.5) is 11.4 Å². The Morgan fingerprint density at radius 2 is 1.91 bits per heavy atom. The van der Waals surface area contributed by atoms with Crippen LogP contribution in [0.2, 0.25) is 5.02 Å². The van der Waals surface area contributed by atoms with Crippen LogP contribution in [0, 0.1) is 0 Å². The molecular formula is C17H16ClN3O. The van der Waals surface area contributed by atoms with Gasteiger partial charge in [-0.25, -0.2) is 0 Å². The first kappa shape index (κ1) is 13.6. The van der Waals surface area contributed by atoms with Crippen LogP contribution in [0.15, 0.2) is 41.4 Å². The number of rotatable bonds is 1. The van der Waals surface area contributed by atoms with Crippen molar-refractivity contribution >= 4 is 29.2 Å². The summed E-state index contributed by atoms with van der Waals surface area (Å²) in [6, 6.07) is 11.7. The molecule has 1 N–H and O–H groups in total. The molecule has 1 saturated heterocycles. The van der Waals surface area contributed by atoms with Gasteiger partial charge in [0.1, 0.15) is 11.4 Å². The van der Waals surface area contributed by atoms with Crippen LogP contribution in [0.3, 0.4) is 0 Å². The molecule has 22 heavy (non-hydrogen) atoms. The highest BCUT2D eigenvalue weighted by Gasteiger charge is 2.20. The van der Waals surface area contributed by atoms with E-state index < -0.39 is 0 Å². The van der Waals surface area contributed by atoms with Crippen LogP contribution < -0.4 is 15.0 Å². The topological polar surface area (TPSA) is 36.9 Å². The van der Waals surface area contributed by atoms with Gasteiger partial charge in [0.15, 0.2) is 5.75 Å². The zero-order valence-electron chi connectivity index (χ0n) is 12.1. The van der Waals surface area contributed by atoms with Crippen LogP contribution in [0.25, 0.3) is 0 Å². The Kier molecular flexibility index (Phi) is 3.48. The van der Waals surface area contributed by atoms with Crippen molar-refractivity contribution in [3.8, 4) is 11.5 Å². The fourth-order valence-corrected chi connectivity index (χ4v) is 3.09. The number of ether oxygens (including phenoxy) is 1. The molecule has 4 nitrogen and oxygen atoms in total. The highest BCUT2D eigenvalue weighted by Crippen LogP contribution is 2.42. The molecule has 5 heteroatoms. The van der Waals surface area contributed by atoms with Crippen LogP contribution in [0.5, 0.6) is 11.5 Å². The number of fused-ring (bicyclic) bond motifs is 2. The maximum Gasteiger partial charge on any atom is 0.171 e. The normalized spacial score (nSPS) is 16.5. The molecular weight excluding hydrogens is 298 g/mol. The van der Waals surface area contributed by atoms with Crippen LogP contribution >= 0.6 is 11.6 Å². The van der Waals surface area contributed by atoms with Gasteiger partial charge < -0.3 is 15.0 Å². The molecule has 112 valence electrons. The van der Waals surface area contributed by atoms with Gasteiger partial charge in [0, 0.05) is 38.1 Å². The van der Waals surface area contributed by atoms with E-state index in [1.165, 1.54) is 0 Å². The van der Waals surface area contributed by atoms with Crippen molar-refractivity contribution in [3.05, 3.63) is 47.0 Å². The summed E-state index contributed by atoms with van der Waals surface area (Å²) < 4.78 is 6.07. The molecule has 0 saturated carbocycles. The van der Waals surface area contributed by atoms with Crippen LogP contribution in [-0.2, 0) is 0 Å². The van der Waals surface area contributed by atoms with Crippen molar-refractivity contribution in [3.63, 3.8) is 0 Å². The first-order chi connectivity index (χ1) is 10.8. The van der Waals surface area contributed by atoms with Gasteiger partial charge in [-0.05, 0) is 24.3 Å². The minimum atomic E-state index is 0.579. The summed E-state index contributed by atoms with van der Waals surface area (Å²) in [6.07, 6.45) is 1.88. The second-order valence-electron chi connectivity index (χ2n) is 5.37. The molecule has 0 radical (unpaired) electrons. The molecule has 0 amide bonds. The highest BCUT2D eigenvalue weighted by molar-refractivity contribution is 6.32. The first-order valence-electron chi connectivity index (χ1n) is 7.42. The summed E-state index contributed by atoms with van der Waals surface area (Å²) in [7, 11) is 0. The molecule has 1 fully saturated rings. The Labute approximate surface area is 134 Å². The Morgan fingerprint density at radius 3 is 2.77 bits per heavy atom. The summed E-state index contributed by atoms with van der Waals surface area (Å²) in [6.45, 7) is 3.96. The van der Waals surface area contributed by atoms with Gasteiger partial charge in [-0.3, -0.25) is 4.99 Å². The number of aliphatic imine (C=N–C) groups is 1. The van der Waals surface area contributed by atoms with E-state index in [2.05, 4.69) is 21.3 Å². The van der Waals surface area contributed by atoms with Gasteiger partial charge in [-0.15, -0.1) is 0 Å². The number of hydrogen-bond donors (Lipinski definition) is 1. The maximum absolute atomic E-state index is 6.25. The predicted molar refractivity (Wildman–Crippen MR) is 90.3 cm³/mol. The summed E-state index contributed by atoms with van der Waals surface area (Å²) in [5, 5.41) is 3.95. The number of halogens is 1. The molecule has 2 aliphatic heterocycles. The van der Waals surface area contributed by atoms with Gasteiger partial charge in [-0.2, -0.15) is 0 Å². The Morgan fingerprint density at radius 1 is 1.09 bits per heavy atom. The second-order valence-corrected chi connectivity index (χ2v) is 5.78. The average molecular weight is 314 g/mol. The lowest BCUT2D eigenvalue weighted by Crippen LogP contribution is -2.43. The van der Waals surface area contributed by atoms with Gasteiger partial charge in [-0.1, -0.05) is 23.7 Å². The number of nitrogens with one attached hydrogen (secondary N) is 1. The van der Waals surface area contributed by atoms with E-state index in [0.717, 1.165) is 48.9 Å². The minimum Gasteiger partial charge on any atom is -0.453 e. The molecule has 0 bridgehead atoms. The summed E-state index contributed by atoms with van der Waals surface area (Å²) >= 11 is 6.25. The van der Waals surface area contributed by atoms with Crippen LogP contribution in [-0.4, -0.2) is 32.4 Å². The SMILES string of the molecule is Clc1cccc2c1Oc1cccc(N3CCNCC3)c1C=N2. The molecule has 0 atom stereocenters. The summed E-state index contributed by atoms with van der Waals surface area (Å²) in [5.74, 6) is 1.42. The van der Waals surface area contributed by atoms with E-state index in [1.807, 2.05) is 36.5 Å². The lowest BCUT2D eigenvalue weighted by molar-refractivity contribution is 0.484. The van der Waals surface area contributed by atoms with E-state index in [9.17, 15) is 0 Å². The Bertz CT molecular complexity index is 739. The smallest absolute Gasteiger partial charge is 0.171 e. The van der Waals surface area contributed by atoms with E-state index >= 15 is 0 Å². The van der Waals surface area contributed by atoms with E-state index in [0.29, 0.717) is 10.8 Å². The molecule has 0 spiro atoms. The standard InChI is InChI=1S/C17H16ClN3O/c18-13-3-1-4-14-17(13)22-16-6-2-5-15(12(16)11-20-14)21-9-7-19-8-10-21/h1-6,11,19H,7-10H2. The highest BCUT2D eigenvalue weighted by atomic mass is 35.5. The monoisotopic (exact) mass is 313 g/mol. The third-order valence-corrected chi connectivity index (χ3v) is 4.29. The van der Waals surface area contributed by atoms with Crippen molar-refractivity contribution in [2.45, 2.75) is 0 Å². The molecule has 4 rings (SSSR count). The molecule has 2 aliphatic rings. The molecule has 2 aromatic rings. The van der Waals surface area contributed by atoms with Gasteiger partial charge >= 0.3 is 0 Å². The molecule has 0 aliphatic carbocycles. The van der Waals surface area contributed by atoms with Crippen molar-refractivity contribution in [2.75, 3.05) is 31.1 Å². The second kappa shape index (κ2) is 5.63. The predicted octanol–water partition coefficient (Wildman–Crippen LogP) is 3.61. The van der Waals surface area contributed by atoms with Crippen molar-refractivity contribution in [1.82, 2.24) is 5.32 Å². The number of piperazine rings is 1. The Hall–Kier alpha value is -2.04. The summed E-state index contributed by atoms with van der Waals surface area (Å²) in [5.41, 5.74) is 2.93. The Balaban J connectivity index is 1.80. The van der Waals surface area contributed by atoms with Crippen molar-refractivity contribution in [2.24, 2.45) is 4.99 Å². The fourth-order valence-electron chi connectivity index (χ4n) is 2.88. The summed E-state index contributed by atoms with van der Waals surface area (Å²) in [4.78, 5) is 6.93. The molecule has 2 heterocycles. The molecule has 0 unspecified atom stereocenters. The third kappa shape index (κ3) is 2.34. The lowest BCUT2D eigenvalue weighted by atomic mass is 10.1. The molecule has 0 aromatic heterocycles. The van der Waals surface area contributed by atoms with E-state index in [4.69, 9.17) is 16.3 Å². The number of hydrogen-bond acceptors (Lipinski definition) is 4. The lowest BCUT2D eigenvalue weighted by Gasteiger charge is -2.30. The molecule has 2 aromatic carbocycles. The maximum atomic E-state index is 6.25. The van der Waals surface area contributed by atoms with Crippen molar-refractivity contribution < 1.29 is 4.74 Å². The zero-order chi connectivity index (χ0) is 14.9. The van der Waals surface area contributed by atoms with Gasteiger partial charge in [0.2, 0.25) is 0 Å². The first-order valence-corrected chi connectivity index (χ1v) is 7.80. The number of anilines is 1.